The smallest absolute Gasteiger partial charge is 0.326 e. The first-order valence-corrected chi connectivity index (χ1v) is 4.83. The van der Waals surface area contributed by atoms with Crippen LogP contribution in [0.3, 0.4) is 0 Å². The number of aliphatic carboxylic acids is 1. The zero-order chi connectivity index (χ0) is 12.7. The maximum atomic E-state index is 11.2. The summed E-state index contributed by atoms with van der Waals surface area (Å²) in [5.74, 6) is -2.58. The third-order valence-electron chi connectivity index (χ3n) is 1.95. The Balaban J connectivity index is 4.11. The molecular weight excluding hydrogens is 216 g/mol. The minimum Gasteiger partial charge on any atom is -0.480 e. The molecule has 0 radical (unpaired) electrons. The summed E-state index contributed by atoms with van der Waals surface area (Å²) < 4.78 is 0. The molecule has 0 saturated heterocycles. The van der Waals surface area contributed by atoms with Gasteiger partial charge in [0.25, 0.3) is 0 Å². The van der Waals surface area contributed by atoms with Gasteiger partial charge in [0, 0.05) is 12.8 Å². The van der Waals surface area contributed by atoms with Gasteiger partial charge in [0.15, 0.2) is 0 Å². The number of hydrogen-bond acceptors (Lipinski definition) is 4. The van der Waals surface area contributed by atoms with Gasteiger partial charge < -0.3 is 10.4 Å². The molecule has 0 aromatic rings. The van der Waals surface area contributed by atoms with Crippen LogP contribution in [0.25, 0.3) is 0 Å². The zero-order valence-electron chi connectivity index (χ0n) is 9.19. The van der Waals surface area contributed by atoms with Crippen molar-refractivity contribution in [3.63, 3.8) is 0 Å². The molecule has 0 bridgehead atoms. The lowest BCUT2D eigenvalue weighted by Gasteiger charge is -2.17. The molecule has 0 aromatic heterocycles. The van der Waals surface area contributed by atoms with E-state index in [9.17, 15) is 14.4 Å². The highest BCUT2D eigenvalue weighted by Gasteiger charge is 2.23. The Bertz CT molecular complexity index is 277. The lowest BCUT2D eigenvalue weighted by Crippen LogP contribution is -2.44. The fourth-order valence-corrected chi connectivity index (χ4v) is 1.04. The fraction of sp³-hybridized carbons (Fsp3) is 0.667. The molecule has 4 N–H and O–H groups in total. The van der Waals surface area contributed by atoms with Gasteiger partial charge >= 0.3 is 5.97 Å². The van der Waals surface area contributed by atoms with Crippen molar-refractivity contribution in [2.75, 3.05) is 0 Å². The van der Waals surface area contributed by atoms with E-state index in [0.717, 1.165) is 0 Å². The van der Waals surface area contributed by atoms with E-state index in [-0.39, 0.29) is 18.8 Å². The summed E-state index contributed by atoms with van der Waals surface area (Å²) in [6.07, 6.45) is -0.352. The molecule has 1 atom stereocenters. The predicted octanol–water partition coefficient (Wildman–Crippen LogP) is -0.503. The average molecular weight is 232 g/mol. The van der Waals surface area contributed by atoms with Gasteiger partial charge in [0.05, 0.1) is 0 Å². The van der Waals surface area contributed by atoms with Gasteiger partial charge in [0.1, 0.15) is 6.04 Å². The third kappa shape index (κ3) is 5.30. The Kier molecular flexibility index (Phi) is 6.09. The van der Waals surface area contributed by atoms with Gasteiger partial charge in [-0.3, -0.25) is 14.8 Å². The van der Waals surface area contributed by atoms with Crippen LogP contribution < -0.4 is 10.8 Å². The van der Waals surface area contributed by atoms with Crippen molar-refractivity contribution < 1.29 is 24.7 Å². The maximum absolute atomic E-state index is 11.2. The van der Waals surface area contributed by atoms with Crippen LogP contribution in [0, 0.1) is 5.92 Å². The Morgan fingerprint density at radius 3 is 2.00 bits per heavy atom. The fourth-order valence-electron chi connectivity index (χ4n) is 1.04. The van der Waals surface area contributed by atoms with Gasteiger partial charge in [-0.2, -0.15) is 0 Å². The van der Waals surface area contributed by atoms with Crippen molar-refractivity contribution >= 4 is 17.8 Å². The van der Waals surface area contributed by atoms with E-state index in [1.54, 1.807) is 13.8 Å². The van der Waals surface area contributed by atoms with Crippen LogP contribution in [0.15, 0.2) is 0 Å². The van der Waals surface area contributed by atoms with E-state index in [1.165, 1.54) is 5.48 Å². The Morgan fingerprint density at radius 1 is 1.12 bits per heavy atom. The molecule has 92 valence electrons. The molecule has 0 heterocycles. The van der Waals surface area contributed by atoms with Crippen LogP contribution in [0.5, 0.6) is 0 Å². The van der Waals surface area contributed by atoms with Crippen molar-refractivity contribution in [2.45, 2.75) is 32.7 Å². The van der Waals surface area contributed by atoms with Gasteiger partial charge in [-0.15, -0.1) is 0 Å². The summed E-state index contributed by atoms with van der Waals surface area (Å²) in [6.45, 7) is 3.33. The Hall–Kier alpha value is -1.63. The first-order chi connectivity index (χ1) is 7.38. The molecule has 2 amide bonds. The van der Waals surface area contributed by atoms with E-state index in [2.05, 4.69) is 5.32 Å². The Morgan fingerprint density at radius 2 is 1.62 bits per heavy atom. The van der Waals surface area contributed by atoms with Gasteiger partial charge in [0.2, 0.25) is 11.8 Å². The SMILES string of the molecule is CC(C)C(NC(=O)CCC(=O)NO)C(=O)O. The van der Waals surface area contributed by atoms with Crippen LogP contribution in [-0.2, 0) is 14.4 Å². The van der Waals surface area contributed by atoms with E-state index >= 15 is 0 Å². The highest BCUT2D eigenvalue weighted by Crippen LogP contribution is 2.02. The first kappa shape index (κ1) is 14.4. The average Bonchev–Trinajstić information content (AvgIpc) is 2.21. The summed E-state index contributed by atoms with van der Waals surface area (Å²) in [7, 11) is 0. The van der Waals surface area contributed by atoms with Crippen molar-refractivity contribution in [1.29, 1.82) is 0 Å². The molecule has 0 saturated carbocycles. The lowest BCUT2D eigenvalue weighted by molar-refractivity contribution is -0.143. The standard InChI is InChI=1S/C9H16N2O5/c1-5(2)8(9(14)15)10-6(12)3-4-7(13)11-16/h5,8,16H,3-4H2,1-2H3,(H,10,12)(H,11,13)(H,14,15). The number of amides is 2. The number of carboxylic acid groups (broad SMARTS) is 1. The number of rotatable bonds is 6. The van der Waals surface area contributed by atoms with Crippen LogP contribution in [0.4, 0.5) is 0 Å². The van der Waals surface area contributed by atoms with Crippen molar-refractivity contribution in [3.8, 4) is 0 Å². The number of carbonyl (C=O) groups is 3. The molecule has 0 rings (SSSR count). The van der Waals surface area contributed by atoms with Crippen LogP contribution in [-0.4, -0.2) is 34.1 Å². The molecule has 0 aliphatic rings. The molecule has 0 spiro atoms. The van der Waals surface area contributed by atoms with Crippen molar-refractivity contribution in [3.05, 3.63) is 0 Å². The number of hydrogen-bond donors (Lipinski definition) is 4. The number of carbonyl (C=O) groups excluding carboxylic acids is 2. The highest BCUT2D eigenvalue weighted by molar-refractivity contribution is 5.86. The molecule has 1 unspecified atom stereocenters. The summed E-state index contributed by atoms with van der Waals surface area (Å²) in [5.41, 5.74) is 1.38. The molecule has 0 aliphatic carbocycles. The van der Waals surface area contributed by atoms with E-state index in [1.807, 2.05) is 0 Å². The lowest BCUT2D eigenvalue weighted by atomic mass is 10.0. The van der Waals surface area contributed by atoms with Gasteiger partial charge in [-0.25, -0.2) is 10.3 Å². The molecule has 7 heteroatoms. The number of nitrogens with one attached hydrogen (secondary N) is 2. The molecule has 0 aromatic carbocycles. The molecule has 0 aliphatic heterocycles. The quantitative estimate of drug-likeness (QED) is 0.364. The molecule has 0 fully saturated rings. The second-order valence-electron chi connectivity index (χ2n) is 3.66. The second-order valence-corrected chi connectivity index (χ2v) is 3.66. The number of hydroxylamine groups is 1. The third-order valence-corrected chi connectivity index (χ3v) is 1.95. The second kappa shape index (κ2) is 6.78. The van der Waals surface area contributed by atoms with Crippen LogP contribution in [0.1, 0.15) is 26.7 Å². The highest BCUT2D eigenvalue weighted by atomic mass is 16.5. The van der Waals surface area contributed by atoms with E-state index in [4.69, 9.17) is 10.3 Å². The molecule has 7 nitrogen and oxygen atoms in total. The maximum Gasteiger partial charge on any atom is 0.326 e. The van der Waals surface area contributed by atoms with E-state index in [0.29, 0.717) is 0 Å². The number of carboxylic acids is 1. The van der Waals surface area contributed by atoms with E-state index < -0.39 is 23.8 Å². The predicted molar refractivity (Wildman–Crippen MR) is 53.6 cm³/mol. The summed E-state index contributed by atoms with van der Waals surface area (Å²) in [5, 5.41) is 19.3. The summed E-state index contributed by atoms with van der Waals surface area (Å²) >= 11 is 0. The normalized spacial score (nSPS) is 12.0. The zero-order valence-corrected chi connectivity index (χ0v) is 9.19. The minimum absolute atomic E-state index is 0.164. The topological polar surface area (TPSA) is 116 Å². The summed E-state index contributed by atoms with van der Waals surface area (Å²) in [4.78, 5) is 32.6. The molecule has 16 heavy (non-hydrogen) atoms. The van der Waals surface area contributed by atoms with Crippen molar-refractivity contribution in [1.82, 2.24) is 10.8 Å². The minimum atomic E-state index is -1.12. The largest absolute Gasteiger partial charge is 0.480 e. The van der Waals surface area contributed by atoms with Gasteiger partial charge in [-0.1, -0.05) is 13.8 Å². The molecular formula is C9H16N2O5. The van der Waals surface area contributed by atoms with Crippen LogP contribution >= 0.6 is 0 Å². The van der Waals surface area contributed by atoms with Crippen molar-refractivity contribution in [2.24, 2.45) is 5.92 Å². The van der Waals surface area contributed by atoms with Crippen LogP contribution in [0.2, 0.25) is 0 Å². The Labute approximate surface area is 92.8 Å². The first-order valence-electron chi connectivity index (χ1n) is 4.83. The summed E-state index contributed by atoms with van der Waals surface area (Å²) in [6, 6.07) is -0.968. The monoisotopic (exact) mass is 232 g/mol. The van der Waals surface area contributed by atoms with Gasteiger partial charge in [-0.05, 0) is 5.92 Å².